The molecule has 32 heavy (non-hydrogen) atoms. The van der Waals surface area contributed by atoms with Crippen molar-refractivity contribution in [3.8, 4) is 0 Å². The first kappa shape index (κ1) is 21.5. The van der Waals surface area contributed by atoms with Gasteiger partial charge in [-0.3, -0.25) is 19.2 Å². The number of nitrogens with one attached hydrogen (secondary N) is 2. The topological polar surface area (TPSA) is 105 Å². The Kier molecular flexibility index (Phi) is 6.20. The number of anilines is 1. The maximum atomic E-state index is 13.8. The van der Waals surface area contributed by atoms with Crippen LogP contribution in [0, 0.1) is 0 Å². The number of carbonyl (C=O) groups is 4. The Morgan fingerprint density at radius 1 is 1.06 bits per heavy atom. The number of fused-ring (bicyclic) bond motifs is 1. The molecule has 2 heterocycles. The van der Waals surface area contributed by atoms with Gasteiger partial charge in [0, 0.05) is 31.5 Å². The first-order chi connectivity index (χ1) is 15.5. The molecule has 2 aliphatic rings. The summed E-state index contributed by atoms with van der Waals surface area (Å²) in [4.78, 5) is 51.8. The summed E-state index contributed by atoms with van der Waals surface area (Å²) in [6.45, 7) is -0.168. The predicted octanol–water partition coefficient (Wildman–Crippen LogP) is 1.30. The Labute approximate surface area is 185 Å². The van der Waals surface area contributed by atoms with Crippen LogP contribution in [0.5, 0.6) is 0 Å². The molecule has 2 aliphatic heterocycles. The molecule has 0 bridgehead atoms. The van der Waals surface area contributed by atoms with Gasteiger partial charge in [-0.05, 0) is 23.6 Å². The zero-order valence-electron chi connectivity index (χ0n) is 17.7. The lowest BCUT2D eigenvalue weighted by Crippen LogP contribution is -2.54. The van der Waals surface area contributed by atoms with Gasteiger partial charge in [0.25, 0.3) is 11.8 Å². The van der Waals surface area contributed by atoms with Gasteiger partial charge in [-0.15, -0.1) is 0 Å². The number of ether oxygens (including phenoxy) is 1. The lowest BCUT2D eigenvalue weighted by Gasteiger charge is -2.29. The van der Waals surface area contributed by atoms with Crippen LogP contribution < -0.4 is 15.5 Å². The number of hydrogen-bond acceptors (Lipinski definition) is 5. The summed E-state index contributed by atoms with van der Waals surface area (Å²) in [5.74, 6) is -1.99. The second kappa shape index (κ2) is 9.21. The molecule has 0 aliphatic carbocycles. The molecule has 1 fully saturated rings. The average molecular weight is 435 g/mol. The summed E-state index contributed by atoms with van der Waals surface area (Å²) in [7, 11) is 1.51. The maximum Gasteiger partial charge on any atom is 0.306 e. The summed E-state index contributed by atoms with van der Waals surface area (Å²) in [6, 6.07) is 16.0. The normalized spacial score (nSPS) is 22.5. The molecule has 3 amide bonds. The summed E-state index contributed by atoms with van der Waals surface area (Å²) in [5, 5.41) is 5.39. The molecule has 166 valence electrons. The molecule has 0 radical (unpaired) electrons. The molecule has 0 aromatic heterocycles. The van der Waals surface area contributed by atoms with Crippen molar-refractivity contribution in [3.05, 3.63) is 65.7 Å². The third-order valence-electron chi connectivity index (χ3n) is 5.94. The van der Waals surface area contributed by atoms with Crippen molar-refractivity contribution in [2.24, 2.45) is 0 Å². The van der Waals surface area contributed by atoms with Gasteiger partial charge in [0.2, 0.25) is 5.91 Å². The zero-order valence-corrected chi connectivity index (χ0v) is 17.7. The van der Waals surface area contributed by atoms with E-state index in [1.165, 1.54) is 11.9 Å². The molecule has 0 saturated carbocycles. The third-order valence-corrected chi connectivity index (χ3v) is 5.94. The van der Waals surface area contributed by atoms with Crippen molar-refractivity contribution in [2.45, 2.75) is 37.3 Å². The van der Waals surface area contributed by atoms with Crippen LogP contribution in [0.3, 0.4) is 0 Å². The van der Waals surface area contributed by atoms with Gasteiger partial charge in [0.1, 0.15) is 12.6 Å². The zero-order chi connectivity index (χ0) is 22.7. The Hall–Kier alpha value is -3.68. The molecule has 1 saturated heterocycles. The van der Waals surface area contributed by atoms with Gasteiger partial charge in [0.15, 0.2) is 6.10 Å². The van der Waals surface area contributed by atoms with Crippen LogP contribution in [0.2, 0.25) is 0 Å². The van der Waals surface area contributed by atoms with Crippen LogP contribution in [0.4, 0.5) is 5.69 Å². The lowest BCUT2D eigenvalue weighted by molar-refractivity contribution is -0.148. The van der Waals surface area contributed by atoms with Crippen LogP contribution in [0.15, 0.2) is 54.6 Å². The molecular weight excluding hydrogens is 410 g/mol. The molecule has 2 aromatic rings. The second-order valence-corrected chi connectivity index (χ2v) is 7.95. The fourth-order valence-electron chi connectivity index (χ4n) is 4.28. The van der Waals surface area contributed by atoms with E-state index in [0.29, 0.717) is 12.1 Å². The smallest absolute Gasteiger partial charge is 0.306 e. The van der Waals surface area contributed by atoms with Gasteiger partial charge in [-0.1, -0.05) is 48.5 Å². The van der Waals surface area contributed by atoms with Crippen molar-refractivity contribution in [2.75, 3.05) is 18.5 Å². The predicted molar refractivity (Wildman–Crippen MR) is 117 cm³/mol. The average Bonchev–Trinajstić information content (AvgIpc) is 3.22. The van der Waals surface area contributed by atoms with Crippen LogP contribution >= 0.6 is 0 Å². The number of benzene rings is 2. The summed E-state index contributed by atoms with van der Waals surface area (Å²) in [5.41, 5.74) is 2.44. The highest BCUT2D eigenvalue weighted by Gasteiger charge is 2.41. The van der Waals surface area contributed by atoms with Crippen molar-refractivity contribution in [3.63, 3.8) is 0 Å². The van der Waals surface area contributed by atoms with E-state index in [4.69, 9.17) is 4.74 Å². The summed E-state index contributed by atoms with van der Waals surface area (Å²) < 4.78 is 5.10. The minimum atomic E-state index is -0.929. The standard InChI is InChI=1S/C24H25N3O5/c1-25-20(28)14-27-18-10-6-5-9-16(18)13-17(15-7-3-2-4-8-15)22(24(27)31)26-23(30)19-11-12-21(29)32-19/h2-10,17,19,22H,11-14H2,1H3,(H,25,28)(H,26,30)/t17-,19-,22+/m0/s1. The van der Waals surface area contributed by atoms with E-state index in [0.717, 1.165) is 11.1 Å². The molecule has 4 rings (SSSR count). The highest BCUT2D eigenvalue weighted by Crippen LogP contribution is 2.35. The molecule has 0 unspecified atom stereocenters. The highest BCUT2D eigenvalue weighted by molar-refractivity contribution is 6.05. The Morgan fingerprint density at radius 2 is 1.78 bits per heavy atom. The Balaban J connectivity index is 1.74. The number of likely N-dealkylation sites (N-methyl/N-ethyl adjacent to an activating group) is 1. The largest absolute Gasteiger partial charge is 0.452 e. The Morgan fingerprint density at radius 3 is 2.47 bits per heavy atom. The number of cyclic esters (lactones) is 1. The molecule has 2 N–H and O–H groups in total. The molecule has 2 aromatic carbocycles. The van der Waals surface area contributed by atoms with E-state index in [1.54, 1.807) is 6.07 Å². The number of carbonyl (C=O) groups excluding carboxylic acids is 4. The summed E-state index contributed by atoms with van der Waals surface area (Å²) in [6.07, 6.45) is 0.0345. The number of amides is 3. The summed E-state index contributed by atoms with van der Waals surface area (Å²) >= 11 is 0. The fraction of sp³-hybridized carbons (Fsp3) is 0.333. The molecule has 3 atom stereocenters. The van der Waals surface area contributed by atoms with Crippen molar-refractivity contribution in [1.29, 1.82) is 0 Å². The van der Waals surface area contributed by atoms with Gasteiger partial charge in [-0.25, -0.2) is 0 Å². The Bertz CT molecular complexity index is 1040. The van der Waals surface area contributed by atoms with Crippen LogP contribution in [0.1, 0.15) is 29.9 Å². The number of nitrogens with zero attached hydrogens (tertiary/aromatic N) is 1. The van der Waals surface area contributed by atoms with Gasteiger partial charge >= 0.3 is 5.97 Å². The van der Waals surface area contributed by atoms with Crippen LogP contribution in [-0.4, -0.2) is 49.4 Å². The van der Waals surface area contributed by atoms with E-state index >= 15 is 0 Å². The third kappa shape index (κ3) is 4.34. The fourth-order valence-corrected chi connectivity index (χ4v) is 4.28. The molecular formula is C24H25N3O5. The van der Waals surface area contributed by atoms with Crippen molar-refractivity contribution >= 4 is 29.4 Å². The SMILES string of the molecule is CNC(=O)CN1C(=O)[C@H](NC(=O)[C@@H]2CCC(=O)O2)[C@H](c2ccccc2)Cc2ccccc21. The molecule has 0 spiro atoms. The van der Waals surface area contributed by atoms with Gasteiger partial charge in [0.05, 0.1) is 0 Å². The number of rotatable bonds is 5. The monoisotopic (exact) mass is 435 g/mol. The minimum Gasteiger partial charge on any atom is -0.452 e. The first-order valence-corrected chi connectivity index (χ1v) is 10.6. The van der Waals surface area contributed by atoms with E-state index in [-0.39, 0.29) is 37.1 Å². The second-order valence-electron chi connectivity index (χ2n) is 7.95. The van der Waals surface area contributed by atoms with Crippen LogP contribution in [0.25, 0.3) is 0 Å². The van der Waals surface area contributed by atoms with Gasteiger partial charge in [-0.2, -0.15) is 0 Å². The van der Waals surface area contributed by atoms with Crippen LogP contribution in [-0.2, 0) is 30.3 Å². The number of esters is 1. The highest BCUT2D eigenvalue weighted by atomic mass is 16.6. The van der Waals surface area contributed by atoms with Crippen molar-refractivity contribution < 1.29 is 23.9 Å². The minimum absolute atomic E-state index is 0.168. The maximum absolute atomic E-state index is 13.8. The molecule has 8 nitrogen and oxygen atoms in total. The number of hydrogen-bond donors (Lipinski definition) is 2. The van der Waals surface area contributed by atoms with Crippen molar-refractivity contribution in [1.82, 2.24) is 10.6 Å². The van der Waals surface area contributed by atoms with Gasteiger partial charge < -0.3 is 20.3 Å². The first-order valence-electron chi connectivity index (χ1n) is 10.6. The number of para-hydroxylation sites is 1. The lowest BCUT2D eigenvalue weighted by atomic mass is 9.86. The quantitative estimate of drug-likeness (QED) is 0.689. The molecule has 8 heteroatoms. The van der Waals surface area contributed by atoms with E-state index < -0.39 is 24.0 Å². The van der Waals surface area contributed by atoms with E-state index in [1.807, 2.05) is 48.5 Å². The van der Waals surface area contributed by atoms with E-state index in [2.05, 4.69) is 10.6 Å². The van der Waals surface area contributed by atoms with E-state index in [9.17, 15) is 19.2 Å².